The Morgan fingerprint density at radius 3 is 0.810 bits per heavy atom. The smallest absolute Gasteiger partial charge is 0.000861 e. The molecule has 0 N–H and O–H groups in total. The minimum atomic E-state index is -0.967. The highest BCUT2D eigenvalue weighted by Gasteiger charge is 2.29. The Labute approximate surface area is 343 Å². The van der Waals surface area contributed by atoms with Crippen LogP contribution in [0, 0.1) is 0 Å². The molecule has 0 aliphatic heterocycles. The van der Waals surface area contributed by atoms with Gasteiger partial charge in [0.15, 0.2) is 0 Å². The van der Waals surface area contributed by atoms with Crippen LogP contribution in [0.4, 0.5) is 0 Å². The van der Waals surface area contributed by atoms with Crippen molar-refractivity contribution >= 4 is 69.2 Å². The van der Waals surface area contributed by atoms with Crippen molar-refractivity contribution in [3.05, 3.63) is 243 Å². The lowest BCUT2D eigenvalue weighted by Gasteiger charge is -2.29. The molecule has 0 nitrogen and oxygen atoms in total. The molecule has 58 heavy (non-hydrogen) atoms. The average Bonchev–Trinajstić information content (AvgIpc) is 3.31. The Hall–Kier alpha value is -6.42. The summed E-state index contributed by atoms with van der Waals surface area (Å²) in [5.74, 6) is 0. The number of fused-ring (bicyclic) bond motifs is 2. The SMILES string of the molecule is c1ccc(-c2cccc3c(-c4c(P(c5ccccc5)c5ccccc5)ccc5c(-c6ccccc6)cccc45)c(P(c4ccccc4)c4ccccc4)ccc23)cc1. The van der Waals surface area contributed by atoms with Crippen molar-refractivity contribution in [1.82, 2.24) is 0 Å². The van der Waals surface area contributed by atoms with Crippen LogP contribution in [-0.2, 0) is 0 Å². The molecule has 0 atom stereocenters. The van der Waals surface area contributed by atoms with Crippen LogP contribution < -0.4 is 31.8 Å². The normalized spacial score (nSPS) is 11.4. The summed E-state index contributed by atoms with van der Waals surface area (Å²) in [6, 6.07) is 90.0. The lowest BCUT2D eigenvalue weighted by atomic mass is 9.89. The van der Waals surface area contributed by atoms with Crippen LogP contribution in [0.25, 0.3) is 54.9 Å². The third-order valence-electron chi connectivity index (χ3n) is 11.0. The zero-order chi connectivity index (χ0) is 38.7. The number of benzene rings is 10. The highest BCUT2D eigenvalue weighted by molar-refractivity contribution is 7.80. The molecule has 0 unspecified atom stereocenters. The van der Waals surface area contributed by atoms with Gasteiger partial charge >= 0.3 is 0 Å². The fraction of sp³-hybridized carbons (Fsp3) is 0. The zero-order valence-corrected chi connectivity index (χ0v) is 33.8. The van der Waals surface area contributed by atoms with Crippen LogP contribution in [0.3, 0.4) is 0 Å². The first-order chi connectivity index (χ1) is 28.8. The highest BCUT2D eigenvalue weighted by atomic mass is 31.1. The Kier molecular flexibility index (Phi) is 10.0. The topological polar surface area (TPSA) is 0 Å². The standard InChI is InChI=1S/C56H40P2/c1-7-21-41(22-8-1)47-33-19-35-51-49(47)37-39-53(57(43-25-11-3-12-26-43)44-27-13-4-14-28-44)55(51)56-52-36-20-34-48(42-23-9-2-10-24-42)50(52)38-40-54(56)58(45-29-15-5-16-30-45)46-31-17-6-18-32-46/h1-40H. The minimum absolute atomic E-state index is 0.967. The number of rotatable bonds is 9. The molecule has 0 spiro atoms. The Bertz CT molecular complexity index is 2680. The van der Waals surface area contributed by atoms with Crippen LogP contribution in [0.5, 0.6) is 0 Å². The quantitative estimate of drug-likeness (QED) is 0.128. The van der Waals surface area contributed by atoms with Crippen molar-refractivity contribution in [1.29, 1.82) is 0 Å². The van der Waals surface area contributed by atoms with Crippen molar-refractivity contribution in [2.24, 2.45) is 0 Å². The van der Waals surface area contributed by atoms with Gasteiger partial charge in [-0.3, -0.25) is 0 Å². The second-order valence-corrected chi connectivity index (χ2v) is 18.8. The third kappa shape index (κ3) is 6.76. The molecule has 0 saturated carbocycles. The zero-order valence-electron chi connectivity index (χ0n) is 32.0. The molecule has 2 heteroatoms. The predicted octanol–water partition coefficient (Wildman–Crippen LogP) is 12.5. The summed E-state index contributed by atoms with van der Waals surface area (Å²) in [6.07, 6.45) is 0. The summed E-state index contributed by atoms with van der Waals surface area (Å²) < 4.78 is 0. The van der Waals surface area contributed by atoms with Crippen molar-refractivity contribution in [2.45, 2.75) is 0 Å². The first-order valence-corrected chi connectivity index (χ1v) is 22.5. The van der Waals surface area contributed by atoms with Gasteiger partial charge in [-0.2, -0.15) is 0 Å². The number of hydrogen-bond donors (Lipinski definition) is 0. The molecule has 10 aromatic carbocycles. The summed E-state index contributed by atoms with van der Waals surface area (Å²) in [6.45, 7) is 0. The molecule has 0 aromatic heterocycles. The van der Waals surface area contributed by atoms with E-state index in [9.17, 15) is 0 Å². The molecule has 0 fully saturated rings. The van der Waals surface area contributed by atoms with Crippen LogP contribution in [0.15, 0.2) is 243 Å². The van der Waals surface area contributed by atoms with E-state index in [1.165, 1.54) is 86.8 Å². The molecule has 0 radical (unpaired) electrons. The van der Waals surface area contributed by atoms with Gasteiger partial charge in [-0.25, -0.2) is 0 Å². The van der Waals surface area contributed by atoms with E-state index < -0.39 is 15.8 Å². The minimum Gasteiger partial charge on any atom is -0.0622 e. The monoisotopic (exact) mass is 774 g/mol. The van der Waals surface area contributed by atoms with Crippen LogP contribution in [0.2, 0.25) is 0 Å². The van der Waals surface area contributed by atoms with Crippen molar-refractivity contribution in [3.8, 4) is 33.4 Å². The Morgan fingerprint density at radius 1 is 0.207 bits per heavy atom. The predicted molar refractivity (Wildman–Crippen MR) is 255 cm³/mol. The summed E-state index contributed by atoms with van der Waals surface area (Å²) >= 11 is 0. The maximum atomic E-state index is 2.47. The van der Waals surface area contributed by atoms with Gasteiger partial charge in [0, 0.05) is 0 Å². The van der Waals surface area contributed by atoms with E-state index in [2.05, 4.69) is 243 Å². The van der Waals surface area contributed by atoms with E-state index in [4.69, 9.17) is 0 Å². The van der Waals surface area contributed by atoms with E-state index in [0.29, 0.717) is 0 Å². The van der Waals surface area contributed by atoms with Gasteiger partial charge < -0.3 is 0 Å². The fourth-order valence-corrected chi connectivity index (χ4v) is 13.4. The first kappa shape index (κ1) is 36.0. The fourth-order valence-electron chi connectivity index (χ4n) is 8.49. The van der Waals surface area contributed by atoms with Crippen LogP contribution in [-0.4, -0.2) is 0 Å². The lowest BCUT2D eigenvalue weighted by Crippen LogP contribution is -2.26. The molecule has 10 aromatic rings. The summed E-state index contributed by atoms with van der Waals surface area (Å²) in [7, 11) is -1.93. The van der Waals surface area contributed by atoms with E-state index in [1.54, 1.807) is 0 Å². The third-order valence-corrected chi connectivity index (χ3v) is 16.0. The van der Waals surface area contributed by atoms with Gasteiger partial charge in [0.2, 0.25) is 0 Å². The Balaban J connectivity index is 1.40. The van der Waals surface area contributed by atoms with E-state index >= 15 is 0 Å². The van der Waals surface area contributed by atoms with Crippen molar-refractivity contribution in [3.63, 3.8) is 0 Å². The molecule has 0 saturated heterocycles. The van der Waals surface area contributed by atoms with Crippen LogP contribution in [0.1, 0.15) is 0 Å². The maximum absolute atomic E-state index is 2.47. The van der Waals surface area contributed by atoms with Gasteiger partial charge in [0.05, 0.1) is 0 Å². The molecule has 0 heterocycles. The highest BCUT2D eigenvalue weighted by Crippen LogP contribution is 2.47. The first-order valence-electron chi connectivity index (χ1n) is 19.9. The number of hydrogen-bond acceptors (Lipinski definition) is 0. The van der Waals surface area contributed by atoms with Crippen LogP contribution >= 0.6 is 15.8 Å². The largest absolute Gasteiger partial charge is 0.0622 e. The van der Waals surface area contributed by atoms with Gasteiger partial charge in [-0.15, -0.1) is 0 Å². The summed E-state index contributed by atoms with van der Waals surface area (Å²) in [4.78, 5) is 0. The van der Waals surface area contributed by atoms with Gasteiger partial charge in [-0.1, -0.05) is 243 Å². The summed E-state index contributed by atoms with van der Waals surface area (Å²) in [5, 5.41) is 13.1. The molecule has 0 amide bonds. The van der Waals surface area contributed by atoms with Gasteiger partial charge in [0.25, 0.3) is 0 Å². The second-order valence-electron chi connectivity index (χ2n) is 14.5. The molecule has 0 aliphatic rings. The second kappa shape index (κ2) is 16.2. The Morgan fingerprint density at radius 2 is 0.500 bits per heavy atom. The molecule has 0 bridgehead atoms. The molecule has 0 aliphatic carbocycles. The van der Waals surface area contributed by atoms with Crippen molar-refractivity contribution < 1.29 is 0 Å². The van der Waals surface area contributed by atoms with Gasteiger partial charge in [-0.05, 0) is 103 Å². The molecular formula is C56H40P2. The lowest BCUT2D eigenvalue weighted by molar-refractivity contribution is 1.65. The van der Waals surface area contributed by atoms with E-state index in [-0.39, 0.29) is 0 Å². The average molecular weight is 775 g/mol. The maximum Gasteiger partial charge on any atom is -0.000861 e. The molecule has 10 rings (SSSR count). The summed E-state index contributed by atoms with van der Waals surface area (Å²) in [5.41, 5.74) is 7.57. The van der Waals surface area contributed by atoms with Gasteiger partial charge in [0.1, 0.15) is 0 Å². The van der Waals surface area contributed by atoms with Crippen molar-refractivity contribution in [2.75, 3.05) is 0 Å². The van der Waals surface area contributed by atoms with E-state index in [1.807, 2.05) is 0 Å². The van der Waals surface area contributed by atoms with E-state index in [0.717, 1.165) is 0 Å². The molecule has 274 valence electrons. The molecular weight excluding hydrogens is 735 g/mol.